The number of ketones is 2. The van der Waals surface area contributed by atoms with E-state index in [4.69, 9.17) is 18.9 Å². The lowest BCUT2D eigenvalue weighted by atomic mass is 9.69. The van der Waals surface area contributed by atoms with Gasteiger partial charge in [0.25, 0.3) is 5.60 Å². The van der Waals surface area contributed by atoms with Crippen molar-refractivity contribution in [2.75, 3.05) is 7.11 Å². The molecule has 4 aliphatic rings. The van der Waals surface area contributed by atoms with Crippen molar-refractivity contribution in [2.24, 2.45) is 5.92 Å². The molecule has 2 aliphatic heterocycles. The van der Waals surface area contributed by atoms with Crippen LogP contribution in [0.5, 0.6) is 23.0 Å². The molecule has 2 aromatic carbocycles. The van der Waals surface area contributed by atoms with Crippen LogP contribution in [0.4, 0.5) is 0 Å². The molecular formula is C32H30O13. The molecule has 0 radical (unpaired) electrons. The maximum Gasteiger partial charge on any atom is 0.358 e. The standard InChI is InChI=1S/C32H30O13/c1-11-9-16(35)22-26(38)21-15(34)6-8-19(43-13(3)33)28(21)44-29(22)20(11)14-5-7-18-23(25(14)37)27(39)24-17(36)10-12(2)30(40)32(24,45-18)31(41)42-4/h5,7,9,12,19,28,30,35,37-40H,6,8,10H2,1-4H3/t12-,19-,28?,30-,32+/m0/s1. The zero-order valence-electron chi connectivity index (χ0n) is 24.7. The molecule has 0 amide bonds. The lowest BCUT2D eigenvalue weighted by Gasteiger charge is -2.45. The molecule has 2 fully saturated rings. The van der Waals surface area contributed by atoms with Crippen LogP contribution >= 0.6 is 0 Å². The average Bonchev–Trinajstić information content (AvgIpc) is 2.97. The van der Waals surface area contributed by atoms with Crippen molar-refractivity contribution in [2.45, 2.75) is 63.9 Å². The summed E-state index contributed by atoms with van der Waals surface area (Å²) in [5.41, 5.74) is -3.29. The molecular weight excluding hydrogens is 592 g/mol. The van der Waals surface area contributed by atoms with Gasteiger partial charge in [-0.05, 0) is 43.0 Å². The third-order valence-corrected chi connectivity index (χ3v) is 8.85. The van der Waals surface area contributed by atoms with Gasteiger partial charge in [-0.25, -0.2) is 4.79 Å². The summed E-state index contributed by atoms with van der Waals surface area (Å²) in [5.74, 6) is -6.47. The van der Waals surface area contributed by atoms with E-state index in [0.29, 0.717) is 5.56 Å². The number of methoxy groups -OCH3 is 1. The number of carbonyl (C=O) groups excluding carboxylic acids is 4. The first-order chi connectivity index (χ1) is 21.2. The molecule has 5 atom stereocenters. The molecule has 0 saturated heterocycles. The molecule has 2 aliphatic carbocycles. The Morgan fingerprint density at radius 2 is 1.73 bits per heavy atom. The quantitative estimate of drug-likeness (QED) is 0.313. The number of aliphatic hydroxyl groups is 3. The Morgan fingerprint density at radius 3 is 2.40 bits per heavy atom. The number of phenolic OH excluding ortho intramolecular Hbond substituents is 2. The van der Waals surface area contributed by atoms with Gasteiger partial charge in [0.05, 0.1) is 18.3 Å². The third kappa shape index (κ3) is 4.10. The smallest absolute Gasteiger partial charge is 0.358 e. The Bertz CT molecular complexity index is 1780. The SMILES string of the molecule is COC(=O)[C@@]12Oc3ccc(-c4c(C)cc(O)c5c4OC4C(=C5O)C(=O)CC[C@@H]4OC(C)=O)c(O)c3C(O)=C1C(=O)C[C@H](C)[C@@H]2O. The zero-order chi connectivity index (χ0) is 32.7. The largest absolute Gasteiger partial charge is 0.507 e. The summed E-state index contributed by atoms with van der Waals surface area (Å²) >= 11 is 0. The number of Topliss-reactive ketones (excluding diaryl/α,β-unsaturated/α-hetero) is 2. The lowest BCUT2D eigenvalue weighted by molar-refractivity contribution is -0.173. The van der Waals surface area contributed by atoms with Gasteiger partial charge in [0.1, 0.15) is 57.9 Å². The maximum absolute atomic E-state index is 13.2. The molecule has 13 nitrogen and oxygen atoms in total. The summed E-state index contributed by atoms with van der Waals surface area (Å²) in [6.45, 7) is 4.30. The van der Waals surface area contributed by atoms with E-state index in [1.807, 2.05) is 0 Å². The first kappa shape index (κ1) is 30.0. The van der Waals surface area contributed by atoms with E-state index < -0.39 is 81.9 Å². The van der Waals surface area contributed by atoms with Crippen LogP contribution in [0.3, 0.4) is 0 Å². The third-order valence-electron chi connectivity index (χ3n) is 8.85. The Hall–Kier alpha value is -5.04. The minimum absolute atomic E-state index is 0.0107. The monoisotopic (exact) mass is 622 g/mol. The summed E-state index contributed by atoms with van der Waals surface area (Å²) in [4.78, 5) is 51.0. The van der Waals surface area contributed by atoms with Crippen LogP contribution in [-0.4, -0.2) is 80.1 Å². The molecule has 2 aromatic rings. The van der Waals surface area contributed by atoms with Gasteiger partial charge in [0.2, 0.25) is 0 Å². The molecule has 0 aromatic heterocycles. The number of benzene rings is 2. The van der Waals surface area contributed by atoms with E-state index >= 15 is 0 Å². The fourth-order valence-corrected chi connectivity index (χ4v) is 6.84. The van der Waals surface area contributed by atoms with Crippen molar-refractivity contribution < 1.29 is 63.7 Å². The molecule has 13 heteroatoms. The number of esters is 2. The van der Waals surface area contributed by atoms with Gasteiger partial charge in [-0.1, -0.05) is 6.92 Å². The van der Waals surface area contributed by atoms with Crippen LogP contribution in [0.1, 0.15) is 49.8 Å². The number of aryl methyl sites for hydroxylation is 1. The number of rotatable bonds is 3. The number of carbonyl (C=O) groups is 4. The highest BCUT2D eigenvalue weighted by Gasteiger charge is 2.63. The second-order valence-corrected chi connectivity index (χ2v) is 11.6. The Balaban J connectivity index is 1.58. The highest BCUT2D eigenvalue weighted by atomic mass is 16.6. The first-order valence-electron chi connectivity index (χ1n) is 14.2. The number of ether oxygens (including phenoxy) is 4. The number of hydrogen-bond acceptors (Lipinski definition) is 13. The summed E-state index contributed by atoms with van der Waals surface area (Å²) in [6, 6.07) is 3.93. The number of hydrogen-bond donors (Lipinski definition) is 5. The predicted octanol–water partition coefficient (Wildman–Crippen LogP) is 2.94. The number of aliphatic hydroxyl groups excluding tert-OH is 3. The molecule has 236 valence electrons. The second kappa shape index (κ2) is 10.3. The Kier molecular flexibility index (Phi) is 6.84. The number of aromatic hydroxyl groups is 2. The summed E-state index contributed by atoms with van der Waals surface area (Å²) in [6.07, 6.45) is -3.91. The summed E-state index contributed by atoms with van der Waals surface area (Å²) in [5, 5.41) is 56.4. The molecule has 45 heavy (non-hydrogen) atoms. The Labute approximate surface area is 255 Å². The van der Waals surface area contributed by atoms with Crippen LogP contribution in [0.2, 0.25) is 0 Å². The normalized spacial score (nSPS) is 27.0. The molecule has 0 spiro atoms. The van der Waals surface area contributed by atoms with Crippen LogP contribution < -0.4 is 9.47 Å². The van der Waals surface area contributed by atoms with Crippen LogP contribution in [0.15, 0.2) is 29.3 Å². The highest BCUT2D eigenvalue weighted by Crippen LogP contribution is 2.55. The van der Waals surface area contributed by atoms with E-state index in [9.17, 15) is 44.7 Å². The second-order valence-electron chi connectivity index (χ2n) is 11.6. The van der Waals surface area contributed by atoms with Crippen molar-refractivity contribution in [3.05, 3.63) is 46.0 Å². The van der Waals surface area contributed by atoms with Crippen LogP contribution in [-0.2, 0) is 28.7 Å². The van der Waals surface area contributed by atoms with Crippen LogP contribution in [0, 0.1) is 12.8 Å². The average molecular weight is 623 g/mol. The molecule has 1 unspecified atom stereocenters. The van der Waals surface area contributed by atoms with Crippen molar-refractivity contribution in [3.8, 4) is 34.1 Å². The molecule has 2 saturated carbocycles. The van der Waals surface area contributed by atoms with Gasteiger partial charge < -0.3 is 44.5 Å². The van der Waals surface area contributed by atoms with Crippen molar-refractivity contribution in [1.82, 2.24) is 0 Å². The number of phenols is 2. The van der Waals surface area contributed by atoms with Gasteiger partial charge in [-0.2, -0.15) is 0 Å². The fraction of sp³-hybridized carbons (Fsp3) is 0.375. The topological polar surface area (TPSA) is 206 Å². The molecule has 2 heterocycles. The van der Waals surface area contributed by atoms with Crippen molar-refractivity contribution in [3.63, 3.8) is 0 Å². The minimum Gasteiger partial charge on any atom is -0.507 e. The molecule has 0 bridgehead atoms. The van der Waals surface area contributed by atoms with Crippen molar-refractivity contribution >= 4 is 35.0 Å². The van der Waals surface area contributed by atoms with Gasteiger partial charge in [-0.3, -0.25) is 14.4 Å². The summed E-state index contributed by atoms with van der Waals surface area (Å²) < 4.78 is 22.4. The van der Waals surface area contributed by atoms with Gasteiger partial charge in [-0.15, -0.1) is 0 Å². The highest BCUT2D eigenvalue weighted by molar-refractivity contribution is 6.13. The number of fused-ring (bicyclic) bond motifs is 4. The molecule has 5 N–H and O–H groups in total. The van der Waals surface area contributed by atoms with E-state index in [-0.39, 0.29) is 58.6 Å². The van der Waals surface area contributed by atoms with E-state index in [0.717, 1.165) is 7.11 Å². The zero-order valence-corrected chi connectivity index (χ0v) is 24.7. The predicted molar refractivity (Wildman–Crippen MR) is 153 cm³/mol. The lowest BCUT2D eigenvalue weighted by Crippen LogP contribution is -2.64. The first-order valence-corrected chi connectivity index (χ1v) is 14.2. The van der Waals surface area contributed by atoms with Gasteiger partial charge in [0.15, 0.2) is 17.7 Å². The van der Waals surface area contributed by atoms with Gasteiger partial charge in [0, 0.05) is 30.9 Å². The van der Waals surface area contributed by atoms with E-state index in [1.54, 1.807) is 13.8 Å². The minimum atomic E-state index is -2.39. The van der Waals surface area contributed by atoms with Gasteiger partial charge >= 0.3 is 11.9 Å². The van der Waals surface area contributed by atoms with Crippen molar-refractivity contribution in [1.29, 1.82) is 0 Å². The molecule has 6 rings (SSSR count). The fourth-order valence-electron chi connectivity index (χ4n) is 6.84. The van der Waals surface area contributed by atoms with E-state index in [2.05, 4.69) is 0 Å². The maximum atomic E-state index is 13.2. The Morgan fingerprint density at radius 1 is 1.02 bits per heavy atom. The summed E-state index contributed by atoms with van der Waals surface area (Å²) in [7, 11) is 1.04. The van der Waals surface area contributed by atoms with E-state index in [1.165, 1.54) is 25.1 Å². The van der Waals surface area contributed by atoms with Crippen LogP contribution in [0.25, 0.3) is 22.6 Å².